The molecule has 0 radical (unpaired) electrons. The Morgan fingerprint density at radius 1 is 1.29 bits per heavy atom. The van der Waals surface area contributed by atoms with E-state index in [0.29, 0.717) is 21.8 Å². The zero-order chi connectivity index (χ0) is 24.0. The van der Waals surface area contributed by atoms with E-state index in [2.05, 4.69) is 21.9 Å². The third kappa shape index (κ3) is 3.86. The standard InChI is InChI=1S/C24H24N4O4S2/c1-25-24(33)27-26-17-4-3-5-18-15(17)10-19(34-18)13-8-9-14-20(22(13)32-2)28(12-6-7-12)11-16(21(14)29)23(30)31/h8-12H,3-7H2,1-2H3,(H,30,31)(H2,25,27,33). The van der Waals surface area contributed by atoms with E-state index in [-0.39, 0.29) is 11.6 Å². The Balaban J connectivity index is 1.67. The fourth-order valence-electron chi connectivity index (χ4n) is 4.44. The molecule has 10 heteroatoms. The van der Waals surface area contributed by atoms with Gasteiger partial charge in [-0.1, -0.05) is 0 Å². The van der Waals surface area contributed by atoms with E-state index in [9.17, 15) is 14.7 Å². The van der Waals surface area contributed by atoms with Gasteiger partial charge < -0.3 is 19.7 Å². The molecular weight excluding hydrogens is 472 g/mol. The summed E-state index contributed by atoms with van der Waals surface area (Å²) in [6.45, 7) is 0. The fourth-order valence-corrected chi connectivity index (χ4v) is 5.74. The van der Waals surface area contributed by atoms with E-state index in [4.69, 9.17) is 17.0 Å². The predicted octanol–water partition coefficient (Wildman–Crippen LogP) is 3.91. The van der Waals surface area contributed by atoms with Crippen LogP contribution in [0.15, 0.2) is 34.3 Å². The van der Waals surface area contributed by atoms with Gasteiger partial charge in [-0.05, 0) is 62.5 Å². The molecule has 34 heavy (non-hydrogen) atoms. The van der Waals surface area contributed by atoms with Crippen LogP contribution in [0.1, 0.15) is 52.5 Å². The van der Waals surface area contributed by atoms with Crippen molar-refractivity contribution in [2.45, 2.75) is 38.1 Å². The maximum atomic E-state index is 12.9. The van der Waals surface area contributed by atoms with E-state index in [1.807, 2.05) is 10.6 Å². The summed E-state index contributed by atoms with van der Waals surface area (Å²) in [5.74, 6) is -0.626. The molecule has 0 bridgehead atoms. The van der Waals surface area contributed by atoms with Crippen molar-refractivity contribution >= 4 is 51.3 Å². The second-order valence-corrected chi connectivity index (χ2v) is 9.95. The van der Waals surface area contributed by atoms with Crippen molar-refractivity contribution < 1.29 is 14.6 Å². The average Bonchev–Trinajstić information content (AvgIpc) is 3.59. The van der Waals surface area contributed by atoms with Crippen LogP contribution in [0.25, 0.3) is 21.3 Å². The Bertz CT molecular complexity index is 1420. The summed E-state index contributed by atoms with van der Waals surface area (Å²) in [6, 6.07) is 5.87. The largest absolute Gasteiger partial charge is 0.494 e. The lowest BCUT2D eigenvalue weighted by atomic mass is 9.96. The van der Waals surface area contributed by atoms with Crippen LogP contribution in [0, 0.1) is 0 Å². The normalized spacial score (nSPS) is 16.4. The van der Waals surface area contributed by atoms with Gasteiger partial charge in [-0.25, -0.2) is 4.79 Å². The molecular formula is C24H24N4O4S2. The van der Waals surface area contributed by atoms with E-state index in [0.717, 1.165) is 53.8 Å². The maximum absolute atomic E-state index is 12.9. The molecule has 0 atom stereocenters. The number of nitrogens with one attached hydrogen (secondary N) is 2. The minimum absolute atomic E-state index is 0.169. The number of carboxylic acid groups (broad SMARTS) is 1. The zero-order valence-electron chi connectivity index (χ0n) is 18.8. The molecule has 2 aliphatic carbocycles. The lowest BCUT2D eigenvalue weighted by Gasteiger charge is -2.17. The second-order valence-electron chi connectivity index (χ2n) is 8.41. The molecule has 5 rings (SSSR count). The highest BCUT2D eigenvalue weighted by atomic mass is 32.1. The van der Waals surface area contributed by atoms with Crippen LogP contribution in [-0.2, 0) is 6.42 Å². The number of hydrazone groups is 1. The van der Waals surface area contributed by atoms with Crippen LogP contribution in [0.5, 0.6) is 5.75 Å². The minimum atomic E-state index is -1.21. The van der Waals surface area contributed by atoms with Gasteiger partial charge in [0.05, 0.1) is 23.7 Å². The van der Waals surface area contributed by atoms with Gasteiger partial charge in [0, 0.05) is 40.2 Å². The first kappa shape index (κ1) is 22.5. The number of carbonyl (C=O) groups is 1. The van der Waals surface area contributed by atoms with Gasteiger partial charge in [0.25, 0.3) is 0 Å². The SMILES string of the molecule is CNC(=S)NN=C1CCCc2sc(-c3ccc4c(=O)c(C(=O)O)cn(C5CC5)c4c3OC)cc21. The highest BCUT2D eigenvalue weighted by Crippen LogP contribution is 2.45. The third-order valence-corrected chi connectivity index (χ3v) is 7.77. The number of aromatic carboxylic acids is 1. The van der Waals surface area contributed by atoms with Crippen molar-refractivity contribution in [1.29, 1.82) is 0 Å². The number of aryl methyl sites for hydroxylation is 1. The predicted molar refractivity (Wildman–Crippen MR) is 138 cm³/mol. The Morgan fingerprint density at radius 2 is 2.09 bits per heavy atom. The van der Waals surface area contributed by atoms with Crippen molar-refractivity contribution in [1.82, 2.24) is 15.3 Å². The minimum Gasteiger partial charge on any atom is -0.494 e. The topological polar surface area (TPSA) is 105 Å². The van der Waals surface area contributed by atoms with Crippen LogP contribution in [-0.4, -0.2) is 40.6 Å². The summed E-state index contributed by atoms with van der Waals surface area (Å²) in [6.07, 6.45) is 6.19. The number of benzene rings is 1. The van der Waals surface area contributed by atoms with Crippen molar-refractivity contribution in [2.24, 2.45) is 5.10 Å². The summed E-state index contributed by atoms with van der Waals surface area (Å²) in [7, 11) is 3.34. The fraction of sp³-hybridized carbons (Fsp3) is 0.333. The number of nitrogens with zero attached hydrogens (tertiary/aromatic N) is 2. The summed E-state index contributed by atoms with van der Waals surface area (Å²) in [4.78, 5) is 26.9. The smallest absolute Gasteiger partial charge is 0.341 e. The first-order valence-electron chi connectivity index (χ1n) is 11.1. The summed E-state index contributed by atoms with van der Waals surface area (Å²) < 4.78 is 7.78. The highest BCUT2D eigenvalue weighted by Gasteiger charge is 2.30. The molecule has 2 aromatic heterocycles. The number of fused-ring (bicyclic) bond motifs is 2. The van der Waals surface area contributed by atoms with Crippen LogP contribution >= 0.6 is 23.6 Å². The molecule has 0 unspecified atom stereocenters. The van der Waals surface area contributed by atoms with Gasteiger partial charge >= 0.3 is 5.97 Å². The summed E-state index contributed by atoms with van der Waals surface area (Å²) in [5, 5.41) is 17.8. The van der Waals surface area contributed by atoms with E-state index >= 15 is 0 Å². The number of thiocarbonyl (C=S) groups is 1. The molecule has 2 aliphatic rings. The number of hydrogen-bond donors (Lipinski definition) is 3. The van der Waals surface area contributed by atoms with Crippen LogP contribution < -0.4 is 20.9 Å². The van der Waals surface area contributed by atoms with E-state index in [1.165, 1.54) is 11.1 Å². The number of ether oxygens (including phenoxy) is 1. The molecule has 0 saturated heterocycles. The van der Waals surface area contributed by atoms with Gasteiger partial charge in [-0.15, -0.1) is 11.3 Å². The monoisotopic (exact) mass is 496 g/mol. The molecule has 176 valence electrons. The average molecular weight is 497 g/mol. The molecule has 1 aromatic carbocycles. The second kappa shape index (κ2) is 8.84. The van der Waals surface area contributed by atoms with Crippen LogP contribution in [0.4, 0.5) is 0 Å². The van der Waals surface area contributed by atoms with Gasteiger partial charge in [0.2, 0.25) is 5.43 Å². The zero-order valence-corrected chi connectivity index (χ0v) is 20.4. The van der Waals surface area contributed by atoms with Crippen LogP contribution in [0.2, 0.25) is 0 Å². The van der Waals surface area contributed by atoms with Gasteiger partial charge in [-0.2, -0.15) is 5.10 Å². The lowest BCUT2D eigenvalue weighted by molar-refractivity contribution is 0.0695. The maximum Gasteiger partial charge on any atom is 0.341 e. The first-order chi connectivity index (χ1) is 16.4. The number of hydrogen-bond acceptors (Lipinski definition) is 6. The van der Waals surface area contributed by atoms with Crippen LogP contribution in [0.3, 0.4) is 0 Å². The number of methoxy groups -OCH3 is 1. The number of pyridine rings is 1. The molecule has 1 fully saturated rings. The van der Waals surface area contributed by atoms with Gasteiger partial charge in [0.15, 0.2) is 10.9 Å². The number of aromatic nitrogens is 1. The molecule has 3 aromatic rings. The quantitative estimate of drug-likeness (QED) is 0.363. The highest BCUT2D eigenvalue weighted by molar-refractivity contribution is 7.80. The Hall–Kier alpha value is -3.24. The third-order valence-electron chi connectivity index (χ3n) is 6.24. The van der Waals surface area contributed by atoms with E-state index in [1.54, 1.807) is 31.6 Å². The van der Waals surface area contributed by atoms with Crippen molar-refractivity contribution in [3.05, 3.63) is 50.6 Å². The molecule has 2 heterocycles. The number of thiophene rings is 1. The molecule has 0 spiro atoms. The Morgan fingerprint density at radius 3 is 2.76 bits per heavy atom. The van der Waals surface area contributed by atoms with E-state index < -0.39 is 11.4 Å². The summed E-state index contributed by atoms with van der Waals surface area (Å²) >= 11 is 6.84. The lowest BCUT2D eigenvalue weighted by Crippen LogP contribution is -2.29. The van der Waals surface area contributed by atoms with Crippen molar-refractivity contribution in [3.63, 3.8) is 0 Å². The molecule has 8 nitrogen and oxygen atoms in total. The van der Waals surface area contributed by atoms with Gasteiger partial charge in [0.1, 0.15) is 5.56 Å². The first-order valence-corrected chi connectivity index (χ1v) is 12.3. The molecule has 0 amide bonds. The van der Waals surface area contributed by atoms with Crippen molar-refractivity contribution in [3.8, 4) is 16.2 Å². The number of rotatable bonds is 5. The Kier molecular flexibility index (Phi) is 5.86. The molecule has 3 N–H and O–H groups in total. The summed E-state index contributed by atoms with van der Waals surface area (Å²) in [5.41, 5.74) is 5.77. The molecule has 0 aliphatic heterocycles. The Labute approximate surface area is 205 Å². The number of carboxylic acids is 1. The van der Waals surface area contributed by atoms with Crippen molar-refractivity contribution in [2.75, 3.05) is 14.2 Å². The van der Waals surface area contributed by atoms with Gasteiger partial charge in [-0.3, -0.25) is 10.2 Å². The molecule has 1 saturated carbocycles.